The first-order valence-corrected chi connectivity index (χ1v) is 11.8. The van der Waals surface area contributed by atoms with E-state index in [0.717, 1.165) is 5.56 Å². The Balaban J connectivity index is 1.37. The number of ether oxygens (including phenoxy) is 2. The van der Waals surface area contributed by atoms with E-state index in [-0.39, 0.29) is 35.8 Å². The Morgan fingerprint density at radius 2 is 1.73 bits per heavy atom. The van der Waals surface area contributed by atoms with Gasteiger partial charge in [-0.25, -0.2) is 8.42 Å². The van der Waals surface area contributed by atoms with Gasteiger partial charge in [0.1, 0.15) is 0 Å². The highest BCUT2D eigenvalue weighted by Crippen LogP contribution is 2.32. The number of nitrogens with one attached hydrogen (secondary N) is 1. The topological polar surface area (TPSA) is 124 Å². The summed E-state index contributed by atoms with van der Waals surface area (Å²) >= 11 is 0. The van der Waals surface area contributed by atoms with Crippen molar-refractivity contribution in [3.05, 3.63) is 48.5 Å². The maximum Gasteiger partial charge on any atom is 0.322 e. The van der Waals surface area contributed by atoms with Crippen molar-refractivity contribution < 1.29 is 27.1 Å². The number of methoxy groups -OCH3 is 2. The molecule has 1 aliphatic rings. The SMILES string of the molecule is COc1ccc(S(=O)(=O)N2CCC(C(=O)Nc3nnc(-c4ccccc4)o3)CC2)cc1OC. The Labute approximate surface area is 191 Å². The van der Waals surface area contributed by atoms with Gasteiger partial charge in [0.25, 0.3) is 0 Å². The van der Waals surface area contributed by atoms with Crippen LogP contribution < -0.4 is 14.8 Å². The van der Waals surface area contributed by atoms with Gasteiger partial charge >= 0.3 is 6.01 Å². The highest BCUT2D eigenvalue weighted by Gasteiger charge is 2.33. The molecule has 3 aromatic rings. The van der Waals surface area contributed by atoms with E-state index in [2.05, 4.69) is 15.5 Å². The van der Waals surface area contributed by atoms with Gasteiger partial charge in [-0.2, -0.15) is 4.31 Å². The van der Waals surface area contributed by atoms with Crippen LogP contribution in [-0.2, 0) is 14.8 Å². The van der Waals surface area contributed by atoms with E-state index in [1.807, 2.05) is 30.3 Å². The number of carbonyl (C=O) groups is 1. The second kappa shape index (κ2) is 9.59. The summed E-state index contributed by atoms with van der Waals surface area (Å²) in [6.45, 7) is 0.432. The molecule has 2 aromatic carbocycles. The van der Waals surface area contributed by atoms with Gasteiger partial charge in [0.2, 0.25) is 21.8 Å². The summed E-state index contributed by atoms with van der Waals surface area (Å²) in [5.74, 6) is 0.447. The van der Waals surface area contributed by atoms with Crippen LogP contribution in [-0.4, -0.2) is 56.1 Å². The molecular formula is C22H24N4O6S. The van der Waals surface area contributed by atoms with Crippen molar-refractivity contribution in [2.45, 2.75) is 17.7 Å². The number of hydrogen-bond donors (Lipinski definition) is 1. The molecule has 0 radical (unpaired) electrons. The van der Waals surface area contributed by atoms with E-state index in [1.54, 1.807) is 6.07 Å². The molecule has 33 heavy (non-hydrogen) atoms. The number of sulfonamides is 1. The van der Waals surface area contributed by atoms with Crippen molar-refractivity contribution in [3.8, 4) is 23.0 Å². The molecule has 0 bridgehead atoms. The zero-order valence-electron chi connectivity index (χ0n) is 18.2. The number of piperidine rings is 1. The molecule has 174 valence electrons. The summed E-state index contributed by atoms with van der Waals surface area (Å²) in [5.41, 5.74) is 0.749. The number of rotatable bonds is 7. The van der Waals surface area contributed by atoms with Crippen LogP contribution in [0.25, 0.3) is 11.5 Å². The fourth-order valence-corrected chi connectivity index (χ4v) is 5.15. The normalized spacial score (nSPS) is 15.2. The Hall–Kier alpha value is -3.44. The summed E-state index contributed by atoms with van der Waals surface area (Å²) in [6, 6.07) is 13.7. The summed E-state index contributed by atoms with van der Waals surface area (Å²) in [5, 5.41) is 10.5. The number of aromatic nitrogens is 2. The highest BCUT2D eigenvalue weighted by atomic mass is 32.2. The van der Waals surface area contributed by atoms with Crippen molar-refractivity contribution in [3.63, 3.8) is 0 Å². The molecular weight excluding hydrogens is 448 g/mol. The van der Waals surface area contributed by atoms with E-state index < -0.39 is 10.0 Å². The van der Waals surface area contributed by atoms with Crippen molar-refractivity contribution >= 4 is 21.9 Å². The first kappa shape index (κ1) is 22.7. The molecule has 10 nitrogen and oxygen atoms in total. The Morgan fingerprint density at radius 3 is 2.39 bits per heavy atom. The molecule has 1 aliphatic heterocycles. The Bertz CT molecular complexity index is 1220. The molecule has 11 heteroatoms. The molecule has 0 aliphatic carbocycles. The smallest absolute Gasteiger partial charge is 0.322 e. The van der Waals surface area contributed by atoms with Crippen LogP contribution in [0.1, 0.15) is 12.8 Å². The highest BCUT2D eigenvalue weighted by molar-refractivity contribution is 7.89. The monoisotopic (exact) mass is 472 g/mol. The maximum atomic E-state index is 13.1. The average Bonchev–Trinajstić information content (AvgIpc) is 3.32. The third-order valence-corrected chi connectivity index (χ3v) is 7.39. The predicted molar refractivity (Wildman–Crippen MR) is 119 cm³/mol. The Kier molecular flexibility index (Phi) is 6.61. The number of anilines is 1. The van der Waals surface area contributed by atoms with Crippen LogP contribution in [0.4, 0.5) is 6.01 Å². The second-order valence-corrected chi connectivity index (χ2v) is 9.40. The predicted octanol–water partition coefficient (Wildman–Crippen LogP) is 2.79. The molecule has 1 saturated heterocycles. The first-order chi connectivity index (χ1) is 15.9. The molecule has 0 unspecified atom stereocenters. The van der Waals surface area contributed by atoms with Crippen LogP contribution in [0.2, 0.25) is 0 Å². The number of amides is 1. The van der Waals surface area contributed by atoms with Crippen LogP contribution >= 0.6 is 0 Å². The van der Waals surface area contributed by atoms with Gasteiger partial charge in [-0.05, 0) is 37.1 Å². The van der Waals surface area contributed by atoms with Gasteiger partial charge < -0.3 is 13.9 Å². The first-order valence-electron chi connectivity index (χ1n) is 10.3. The van der Waals surface area contributed by atoms with E-state index in [4.69, 9.17) is 13.9 Å². The fourth-order valence-electron chi connectivity index (χ4n) is 3.66. The quantitative estimate of drug-likeness (QED) is 0.557. The van der Waals surface area contributed by atoms with E-state index in [0.29, 0.717) is 30.2 Å². The maximum absolute atomic E-state index is 13.1. The molecule has 0 atom stereocenters. The lowest BCUT2D eigenvalue weighted by atomic mass is 9.97. The van der Waals surface area contributed by atoms with Gasteiger partial charge in [0, 0.05) is 30.6 Å². The van der Waals surface area contributed by atoms with Crippen molar-refractivity contribution in [2.24, 2.45) is 5.92 Å². The van der Waals surface area contributed by atoms with Crippen molar-refractivity contribution in [2.75, 3.05) is 32.6 Å². The summed E-state index contributed by atoms with van der Waals surface area (Å²) in [4.78, 5) is 12.8. The largest absolute Gasteiger partial charge is 0.493 e. The Morgan fingerprint density at radius 1 is 1.03 bits per heavy atom. The van der Waals surface area contributed by atoms with E-state index in [9.17, 15) is 13.2 Å². The molecule has 1 amide bonds. The number of benzene rings is 2. The van der Waals surface area contributed by atoms with Gasteiger partial charge in [0.05, 0.1) is 19.1 Å². The lowest BCUT2D eigenvalue weighted by Crippen LogP contribution is -2.41. The van der Waals surface area contributed by atoms with Crippen LogP contribution in [0.5, 0.6) is 11.5 Å². The van der Waals surface area contributed by atoms with Crippen LogP contribution in [0, 0.1) is 5.92 Å². The summed E-state index contributed by atoms with van der Waals surface area (Å²) < 4.78 is 43.4. The van der Waals surface area contributed by atoms with Crippen molar-refractivity contribution in [1.82, 2.24) is 14.5 Å². The number of nitrogens with zero attached hydrogens (tertiary/aromatic N) is 3. The molecule has 1 N–H and O–H groups in total. The summed E-state index contributed by atoms with van der Waals surface area (Å²) in [6.07, 6.45) is 0.746. The molecule has 0 spiro atoms. The lowest BCUT2D eigenvalue weighted by Gasteiger charge is -2.30. The zero-order valence-corrected chi connectivity index (χ0v) is 19.0. The number of hydrogen-bond acceptors (Lipinski definition) is 8. The molecule has 1 aromatic heterocycles. The average molecular weight is 473 g/mol. The van der Waals surface area contributed by atoms with Gasteiger partial charge in [-0.3, -0.25) is 10.1 Å². The van der Waals surface area contributed by atoms with Crippen molar-refractivity contribution in [1.29, 1.82) is 0 Å². The minimum atomic E-state index is -3.73. The van der Waals surface area contributed by atoms with Gasteiger partial charge in [0.15, 0.2) is 11.5 Å². The van der Waals surface area contributed by atoms with E-state index in [1.165, 1.54) is 30.7 Å². The van der Waals surface area contributed by atoms with Gasteiger partial charge in [-0.15, -0.1) is 5.10 Å². The lowest BCUT2D eigenvalue weighted by molar-refractivity contribution is -0.121. The van der Waals surface area contributed by atoms with Crippen LogP contribution in [0.15, 0.2) is 57.8 Å². The standard InChI is InChI=1S/C22H24N4O6S/c1-30-18-9-8-17(14-19(18)31-2)33(28,29)26-12-10-15(11-13-26)20(27)23-22-25-24-21(32-22)16-6-4-3-5-7-16/h3-9,14-15H,10-13H2,1-2H3,(H,23,25,27). The van der Waals surface area contributed by atoms with Crippen LogP contribution in [0.3, 0.4) is 0 Å². The zero-order chi connectivity index (χ0) is 23.4. The minimum Gasteiger partial charge on any atom is -0.493 e. The molecule has 1 fully saturated rings. The minimum absolute atomic E-state index is 0.0132. The van der Waals surface area contributed by atoms with Gasteiger partial charge in [-0.1, -0.05) is 23.3 Å². The molecule has 0 saturated carbocycles. The second-order valence-electron chi connectivity index (χ2n) is 7.46. The fraction of sp³-hybridized carbons (Fsp3) is 0.318. The molecule has 2 heterocycles. The third-order valence-electron chi connectivity index (χ3n) is 5.49. The number of carbonyl (C=O) groups excluding carboxylic acids is 1. The molecule has 4 rings (SSSR count). The van der Waals surface area contributed by atoms with E-state index >= 15 is 0 Å². The third kappa shape index (κ3) is 4.83. The summed E-state index contributed by atoms with van der Waals surface area (Å²) in [7, 11) is -0.796.